The van der Waals surface area contributed by atoms with Gasteiger partial charge in [-0.2, -0.15) is 0 Å². The molecule has 0 bridgehead atoms. The van der Waals surface area contributed by atoms with Crippen LogP contribution in [0.25, 0.3) is 0 Å². The van der Waals surface area contributed by atoms with Gasteiger partial charge in [0.25, 0.3) is 0 Å². The van der Waals surface area contributed by atoms with E-state index < -0.39 is 21.4 Å². The second-order valence-corrected chi connectivity index (χ2v) is 6.75. The maximum absolute atomic E-state index is 11.8. The van der Waals surface area contributed by atoms with Crippen LogP contribution in [0.3, 0.4) is 0 Å². The minimum Gasteiger partial charge on any atom is -0.488 e. The normalized spacial score (nSPS) is 12.0. The molecule has 0 saturated heterocycles. The van der Waals surface area contributed by atoms with Crippen LogP contribution in [0.4, 0.5) is 0 Å². The molecule has 0 aromatic heterocycles. The Morgan fingerprint density at radius 2 is 2.10 bits per heavy atom. The van der Waals surface area contributed by atoms with Crippen LogP contribution in [-0.2, 0) is 21.2 Å². The van der Waals surface area contributed by atoms with E-state index in [0.717, 1.165) is 0 Å². The van der Waals surface area contributed by atoms with E-state index in [4.69, 9.17) is 9.88 Å². The Bertz CT molecular complexity index is 649. The van der Waals surface area contributed by atoms with Gasteiger partial charge in [0.1, 0.15) is 17.3 Å². The van der Waals surface area contributed by atoms with E-state index in [1.54, 1.807) is 6.07 Å². The van der Waals surface area contributed by atoms with Crippen molar-refractivity contribution in [2.45, 2.75) is 25.2 Å². The van der Waals surface area contributed by atoms with Crippen LogP contribution in [-0.4, -0.2) is 26.1 Å². The van der Waals surface area contributed by atoms with Crippen molar-refractivity contribution in [1.82, 2.24) is 0 Å². The molecule has 0 aliphatic rings. The number of carboxylic acid groups (broad SMARTS) is 1. The minimum absolute atomic E-state index is 0.0133. The zero-order valence-corrected chi connectivity index (χ0v) is 12.8. The average Bonchev–Trinajstić information content (AvgIpc) is 2.34. The number of nitrogens with two attached hydrogens (primary N) is 1. The zero-order chi connectivity index (χ0) is 16.3. The number of aliphatic carboxylic acids is 1. The Labute approximate surface area is 124 Å². The highest BCUT2D eigenvalue weighted by molar-refractivity contribution is 7.89. The molecule has 0 amide bonds. The van der Waals surface area contributed by atoms with Crippen molar-refractivity contribution >= 4 is 16.0 Å². The van der Waals surface area contributed by atoms with Crippen LogP contribution >= 0.6 is 0 Å². The summed E-state index contributed by atoms with van der Waals surface area (Å²) >= 11 is 0. The lowest BCUT2D eigenvalue weighted by molar-refractivity contribution is -0.146. The van der Waals surface area contributed by atoms with E-state index in [2.05, 4.69) is 6.58 Å². The summed E-state index contributed by atoms with van der Waals surface area (Å²) in [6.07, 6.45) is 1.49. The van der Waals surface area contributed by atoms with Gasteiger partial charge < -0.3 is 9.84 Å². The first kappa shape index (κ1) is 17.2. The molecule has 21 heavy (non-hydrogen) atoms. The fourth-order valence-corrected chi connectivity index (χ4v) is 2.75. The molecule has 0 fully saturated rings. The minimum atomic E-state index is -4.04. The number of primary sulfonamides is 1. The predicted octanol–water partition coefficient (Wildman–Crippen LogP) is 1.55. The topological polar surface area (TPSA) is 107 Å². The van der Waals surface area contributed by atoms with Gasteiger partial charge in [-0.05, 0) is 31.9 Å². The van der Waals surface area contributed by atoms with E-state index in [-0.39, 0.29) is 23.7 Å². The summed E-state index contributed by atoms with van der Waals surface area (Å²) in [5.74, 6) is -0.934. The van der Waals surface area contributed by atoms with E-state index in [0.29, 0.717) is 5.56 Å². The number of rotatable bonds is 7. The van der Waals surface area contributed by atoms with Crippen LogP contribution < -0.4 is 9.88 Å². The summed E-state index contributed by atoms with van der Waals surface area (Å²) in [4.78, 5) is 11.0. The highest BCUT2D eigenvalue weighted by atomic mass is 32.2. The van der Waals surface area contributed by atoms with Gasteiger partial charge in [0, 0.05) is 0 Å². The predicted molar refractivity (Wildman–Crippen MR) is 78.6 cm³/mol. The molecule has 0 spiro atoms. The van der Waals surface area contributed by atoms with Gasteiger partial charge in [-0.3, -0.25) is 4.79 Å². The number of benzene rings is 1. The van der Waals surface area contributed by atoms with E-state index >= 15 is 0 Å². The molecular weight excluding hydrogens is 294 g/mol. The molecule has 0 atom stereocenters. The maximum atomic E-state index is 11.8. The molecule has 0 radical (unpaired) electrons. The molecule has 6 nitrogen and oxygen atoms in total. The van der Waals surface area contributed by atoms with Crippen LogP contribution in [0.2, 0.25) is 0 Å². The van der Waals surface area contributed by atoms with Gasteiger partial charge in [-0.25, -0.2) is 13.6 Å². The molecule has 0 aliphatic heterocycles. The Morgan fingerprint density at radius 1 is 1.48 bits per heavy atom. The Kier molecular flexibility index (Phi) is 5.14. The van der Waals surface area contributed by atoms with Crippen LogP contribution in [0.5, 0.6) is 5.75 Å². The van der Waals surface area contributed by atoms with Crippen molar-refractivity contribution in [3.8, 4) is 5.75 Å². The molecule has 1 aromatic rings. The second-order valence-electron chi connectivity index (χ2n) is 5.25. The fraction of sp³-hybridized carbons (Fsp3) is 0.357. The van der Waals surface area contributed by atoms with Gasteiger partial charge in [-0.15, -0.1) is 0 Å². The van der Waals surface area contributed by atoms with Crippen molar-refractivity contribution in [3.05, 3.63) is 36.4 Å². The average molecular weight is 313 g/mol. The van der Waals surface area contributed by atoms with Gasteiger partial charge in [0.15, 0.2) is 0 Å². The molecule has 0 aliphatic carbocycles. The number of hydrogen-bond acceptors (Lipinski definition) is 4. The van der Waals surface area contributed by atoms with Crippen molar-refractivity contribution in [2.24, 2.45) is 10.6 Å². The first-order valence-corrected chi connectivity index (χ1v) is 7.76. The summed E-state index contributed by atoms with van der Waals surface area (Å²) in [6.45, 7) is 6.64. The Balaban J connectivity index is 3.39. The standard InChI is InChI=1S/C14H19NO5S/c1-4-8-20-11-7-5-6-10(12(11)21(15,18)19)9-14(2,3)13(16)17/h4-7H,1,8-9H2,2-3H3,(H,16,17)(H2,15,18,19). The summed E-state index contributed by atoms with van der Waals surface area (Å²) in [5, 5.41) is 14.4. The van der Waals surface area contributed by atoms with Crippen LogP contribution in [0, 0.1) is 5.41 Å². The van der Waals surface area contributed by atoms with Gasteiger partial charge in [-0.1, -0.05) is 24.8 Å². The van der Waals surface area contributed by atoms with Crippen LogP contribution in [0.15, 0.2) is 35.7 Å². The van der Waals surface area contributed by atoms with Crippen molar-refractivity contribution in [3.63, 3.8) is 0 Å². The highest BCUT2D eigenvalue weighted by Gasteiger charge is 2.31. The highest BCUT2D eigenvalue weighted by Crippen LogP contribution is 2.32. The second kappa shape index (κ2) is 6.28. The molecule has 0 heterocycles. The number of sulfonamides is 1. The number of hydrogen-bond donors (Lipinski definition) is 2. The third-order valence-corrected chi connectivity index (χ3v) is 3.95. The van der Waals surface area contributed by atoms with Gasteiger partial charge >= 0.3 is 5.97 Å². The molecule has 0 saturated carbocycles. The Hall–Kier alpha value is -1.86. The van der Waals surface area contributed by atoms with E-state index in [9.17, 15) is 18.3 Å². The largest absolute Gasteiger partial charge is 0.488 e. The lowest BCUT2D eigenvalue weighted by atomic mass is 9.86. The smallest absolute Gasteiger partial charge is 0.309 e. The molecule has 3 N–H and O–H groups in total. The van der Waals surface area contributed by atoms with Gasteiger partial charge in [0.2, 0.25) is 10.0 Å². The summed E-state index contributed by atoms with van der Waals surface area (Å²) < 4.78 is 28.9. The summed E-state index contributed by atoms with van der Waals surface area (Å²) in [5.41, 5.74) is -0.817. The number of ether oxygens (including phenoxy) is 1. The monoisotopic (exact) mass is 313 g/mol. The molecule has 116 valence electrons. The third-order valence-electron chi connectivity index (χ3n) is 2.91. The van der Waals surface area contributed by atoms with E-state index in [1.165, 1.54) is 32.1 Å². The number of carboxylic acids is 1. The van der Waals surface area contributed by atoms with Gasteiger partial charge in [0.05, 0.1) is 5.41 Å². The lowest BCUT2D eigenvalue weighted by Gasteiger charge is -2.21. The third kappa shape index (κ3) is 4.30. The molecule has 0 unspecified atom stereocenters. The molecule has 1 aromatic carbocycles. The molecule has 7 heteroatoms. The zero-order valence-electron chi connectivity index (χ0n) is 12.0. The number of carbonyl (C=O) groups is 1. The SMILES string of the molecule is C=CCOc1cccc(CC(C)(C)C(=O)O)c1S(N)(=O)=O. The molecular formula is C14H19NO5S. The summed E-state index contributed by atoms with van der Waals surface area (Å²) in [6, 6.07) is 4.60. The lowest BCUT2D eigenvalue weighted by Crippen LogP contribution is -2.28. The quantitative estimate of drug-likeness (QED) is 0.743. The maximum Gasteiger partial charge on any atom is 0.309 e. The van der Waals surface area contributed by atoms with Crippen molar-refractivity contribution in [2.75, 3.05) is 6.61 Å². The first-order valence-electron chi connectivity index (χ1n) is 6.21. The fourth-order valence-electron chi connectivity index (χ4n) is 1.84. The first-order chi connectivity index (χ1) is 9.59. The molecule has 1 rings (SSSR count). The van der Waals surface area contributed by atoms with Crippen molar-refractivity contribution < 1.29 is 23.1 Å². The van der Waals surface area contributed by atoms with E-state index in [1.807, 2.05) is 0 Å². The van der Waals surface area contributed by atoms with Crippen molar-refractivity contribution in [1.29, 1.82) is 0 Å². The Morgan fingerprint density at radius 3 is 2.57 bits per heavy atom. The summed E-state index contributed by atoms with van der Waals surface area (Å²) in [7, 11) is -4.04. The van der Waals surface area contributed by atoms with Crippen LogP contribution in [0.1, 0.15) is 19.4 Å².